The first-order valence-electron chi connectivity index (χ1n) is 12.5. The fourth-order valence-electron chi connectivity index (χ4n) is 8.15. The van der Waals surface area contributed by atoms with Gasteiger partial charge in [0.2, 0.25) is 0 Å². The molecule has 0 amide bonds. The standard InChI is InChI=1S/C27H40O3/c1-5-7-8-15-30-27(19(4)28)18(3)16-25-24-11-9-20-17-21(29)10-12-22(20)23(24)13-14-26(25,27)6-2/h17,22-25H,3,5-16H2,1-2,4H3/t22-,23+,24+,25-,26-,27-/m0/s1. The molecular formula is C27H40O3. The van der Waals surface area contributed by atoms with Crippen LogP contribution in [0.15, 0.2) is 23.8 Å². The summed E-state index contributed by atoms with van der Waals surface area (Å²) in [6.45, 7) is 11.3. The Morgan fingerprint density at radius 1 is 1.17 bits per heavy atom. The van der Waals surface area contributed by atoms with Crippen LogP contribution >= 0.6 is 0 Å². The van der Waals surface area contributed by atoms with E-state index in [2.05, 4.69) is 20.4 Å². The van der Waals surface area contributed by atoms with E-state index in [-0.39, 0.29) is 11.2 Å². The zero-order valence-corrected chi connectivity index (χ0v) is 19.3. The van der Waals surface area contributed by atoms with Gasteiger partial charge in [0.1, 0.15) is 0 Å². The Bertz CT molecular complexity index is 749. The summed E-state index contributed by atoms with van der Waals surface area (Å²) in [4.78, 5) is 25.2. The Morgan fingerprint density at radius 3 is 2.67 bits per heavy atom. The molecule has 3 fully saturated rings. The van der Waals surface area contributed by atoms with Crippen LogP contribution < -0.4 is 0 Å². The van der Waals surface area contributed by atoms with E-state index >= 15 is 0 Å². The number of ether oxygens (including phenoxy) is 1. The van der Waals surface area contributed by atoms with Crippen LogP contribution in [0.25, 0.3) is 0 Å². The number of ketones is 2. The average Bonchev–Trinajstić information content (AvgIpc) is 3.00. The van der Waals surface area contributed by atoms with Gasteiger partial charge in [-0.1, -0.05) is 38.8 Å². The van der Waals surface area contributed by atoms with Crippen molar-refractivity contribution in [3.8, 4) is 0 Å². The minimum absolute atomic E-state index is 0.102. The first-order valence-corrected chi connectivity index (χ1v) is 12.5. The van der Waals surface area contributed by atoms with Crippen LogP contribution in [0.4, 0.5) is 0 Å². The fraction of sp³-hybridized carbons (Fsp3) is 0.778. The zero-order chi connectivity index (χ0) is 21.5. The lowest BCUT2D eigenvalue weighted by Crippen LogP contribution is -2.58. The van der Waals surface area contributed by atoms with E-state index in [1.165, 1.54) is 5.57 Å². The largest absolute Gasteiger partial charge is 0.362 e. The summed E-state index contributed by atoms with van der Waals surface area (Å²) in [6, 6.07) is 0. The summed E-state index contributed by atoms with van der Waals surface area (Å²) in [5, 5.41) is 0. The third kappa shape index (κ3) is 3.10. The molecule has 0 aromatic heterocycles. The summed E-state index contributed by atoms with van der Waals surface area (Å²) in [5.74, 6) is 2.87. The Balaban J connectivity index is 1.66. The van der Waals surface area contributed by atoms with E-state index in [4.69, 9.17) is 4.74 Å². The molecule has 0 aromatic rings. The molecule has 3 heteroatoms. The lowest BCUT2D eigenvalue weighted by atomic mass is 9.49. The van der Waals surface area contributed by atoms with Crippen LogP contribution in [0.2, 0.25) is 0 Å². The summed E-state index contributed by atoms with van der Waals surface area (Å²) in [6.07, 6.45) is 13.4. The van der Waals surface area contributed by atoms with Crippen molar-refractivity contribution in [1.82, 2.24) is 0 Å². The molecule has 0 bridgehead atoms. The Morgan fingerprint density at radius 2 is 1.97 bits per heavy atom. The zero-order valence-electron chi connectivity index (χ0n) is 19.3. The van der Waals surface area contributed by atoms with Crippen molar-refractivity contribution in [3.63, 3.8) is 0 Å². The number of hydrogen-bond acceptors (Lipinski definition) is 3. The van der Waals surface area contributed by atoms with E-state index in [1.807, 2.05) is 6.08 Å². The smallest absolute Gasteiger partial charge is 0.166 e. The molecule has 30 heavy (non-hydrogen) atoms. The predicted molar refractivity (Wildman–Crippen MR) is 120 cm³/mol. The number of fused-ring (bicyclic) bond motifs is 5. The first kappa shape index (κ1) is 22.0. The van der Waals surface area contributed by atoms with Crippen LogP contribution in [0.3, 0.4) is 0 Å². The van der Waals surface area contributed by atoms with Crippen molar-refractivity contribution in [2.45, 2.75) is 97.0 Å². The highest BCUT2D eigenvalue weighted by Gasteiger charge is 2.68. The van der Waals surface area contributed by atoms with Gasteiger partial charge < -0.3 is 4.74 Å². The number of Topliss-reactive ketones (excluding diaryl/α,β-unsaturated/α-hetero) is 1. The monoisotopic (exact) mass is 412 g/mol. The molecule has 4 aliphatic carbocycles. The van der Waals surface area contributed by atoms with Gasteiger partial charge in [0.05, 0.1) is 0 Å². The number of rotatable bonds is 7. The number of allylic oxidation sites excluding steroid dienone is 1. The van der Waals surface area contributed by atoms with Crippen LogP contribution in [0.1, 0.15) is 91.4 Å². The summed E-state index contributed by atoms with van der Waals surface area (Å²) < 4.78 is 6.63. The maximum absolute atomic E-state index is 13.3. The van der Waals surface area contributed by atoms with Crippen molar-refractivity contribution in [2.24, 2.45) is 29.1 Å². The van der Waals surface area contributed by atoms with E-state index in [0.29, 0.717) is 42.5 Å². The highest BCUT2D eigenvalue weighted by Crippen LogP contribution is 2.68. The summed E-state index contributed by atoms with van der Waals surface area (Å²) >= 11 is 0. The van der Waals surface area contributed by atoms with Crippen molar-refractivity contribution >= 4 is 11.6 Å². The van der Waals surface area contributed by atoms with Crippen LogP contribution in [-0.2, 0) is 14.3 Å². The normalized spacial score (nSPS) is 40.4. The lowest BCUT2D eigenvalue weighted by Gasteiger charge is -2.57. The molecular weight excluding hydrogens is 372 g/mol. The molecule has 4 rings (SSSR count). The third-order valence-electron chi connectivity index (χ3n) is 9.37. The number of unbranched alkanes of at least 4 members (excludes halogenated alkanes) is 2. The van der Waals surface area contributed by atoms with E-state index in [9.17, 15) is 9.59 Å². The van der Waals surface area contributed by atoms with Gasteiger partial charge in [0.15, 0.2) is 17.2 Å². The van der Waals surface area contributed by atoms with Crippen LogP contribution in [0, 0.1) is 29.1 Å². The quantitative estimate of drug-likeness (QED) is 0.368. The maximum atomic E-state index is 13.3. The lowest BCUT2D eigenvalue weighted by molar-refractivity contribution is -0.171. The molecule has 0 heterocycles. The van der Waals surface area contributed by atoms with Crippen LogP contribution in [0.5, 0.6) is 0 Å². The highest BCUT2D eigenvalue weighted by atomic mass is 16.5. The molecule has 0 spiro atoms. The topological polar surface area (TPSA) is 43.4 Å². The number of hydrogen-bond donors (Lipinski definition) is 0. The van der Waals surface area contributed by atoms with Crippen molar-refractivity contribution in [1.29, 1.82) is 0 Å². The van der Waals surface area contributed by atoms with E-state index in [1.54, 1.807) is 6.92 Å². The van der Waals surface area contributed by atoms with Crippen molar-refractivity contribution < 1.29 is 14.3 Å². The second kappa shape index (κ2) is 8.37. The second-order valence-electron chi connectivity index (χ2n) is 10.5. The molecule has 0 radical (unpaired) electrons. The maximum Gasteiger partial charge on any atom is 0.166 e. The molecule has 4 aliphatic rings. The number of carbonyl (C=O) groups is 2. The first-order chi connectivity index (χ1) is 14.4. The van der Waals surface area contributed by atoms with E-state index < -0.39 is 5.60 Å². The average molecular weight is 413 g/mol. The molecule has 3 nitrogen and oxygen atoms in total. The van der Waals surface area contributed by atoms with E-state index in [0.717, 1.165) is 69.8 Å². The molecule has 0 N–H and O–H groups in total. The van der Waals surface area contributed by atoms with Gasteiger partial charge in [-0.2, -0.15) is 0 Å². The van der Waals surface area contributed by atoms with Gasteiger partial charge in [0, 0.05) is 18.4 Å². The molecule has 3 saturated carbocycles. The summed E-state index contributed by atoms with van der Waals surface area (Å²) in [5.41, 5.74) is 1.57. The second-order valence-corrected chi connectivity index (χ2v) is 10.5. The van der Waals surface area contributed by atoms with Gasteiger partial charge in [-0.05, 0) is 93.6 Å². The summed E-state index contributed by atoms with van der Waals surface area (Å²) in [7, 11) is 0. The minimum atomic E-state index is -0.788. The number of carbonyl (C=O) groups excluding carboxylic acids is 2. The molecule has 0 aliphatic heterocycles. The van der Waals surface area contributed by atoms with Gasteiger partial charge in [-0.15, -0.1) is 0 Å². The SMILES string of the molecule is C=C1C[C@H]2[C@@H]3CCC4=CC(=O)CC[C@@H]4[C@H]3CC[C@]2(CC)[C@@]1(OCCCCC)C(C)=O. The predicted octanol–water partition coefficient (Wildman–Crippen LogP) is 6.22. The van der Waals surface area contributed by atoms with Crippen molar-refractivity contribution in [2.75, 3.05) is 6.61 Å². The fourth-order valence-corrected chi connectivity index (χ4v) is 8.15. The minimum Gasteiger partial charge on any atom is -0.362 e. The molecule has 0 saturated heterocycles. The van der Waals surface area contributed by atoms with Gasteiger partial charge in [0.25, 0.3) is 0 Å². The van der Waals surface area contributed by atoms with Gasteiger partial charge in [-0.3, -0.25) is 9.59 Å². The van der Waals surface area contributed by atoms with Crippen molar-refractivity contribution in [3.05, 3.63) is 23.8 Å². The molecule has 6 atom stereocenters. The molecule has 0 unspecified atom stereocenters. The third-order valence-corrected chi connectivity index (χ3v) is 9.37. The van der Waals surface area contributed by atoms with Gasteiger partial charge in [-0.25, -0.2) is 0 Å². The Labute approximate surface area is 182 Å². The van der Waals surface area contributed by atoms with Crippen LogP contribution in [-0.4, -0.2) is 23.8 Å². The highest BCUT2D eigenvalue weighted by molar-refractivity contribution is 5.91. The van der Waals surface area contributed by atoms with Gasteiger partial charge >= 0.3 is 0 Å². The Hall–Kier alpha value is -1.22. The molecule has 166 valence electrons. The molecule has 0 aromatic carbocycles. The Kier molecular flexibility index (Phi) is 6.14.